The minimum atomic E-state index is -0.623. The first kappa shape index (κ1) is 12.5. The van der Waals surface area contributed by atoms with Crippen molar-refractivity contribution < 1.29 is 4.21 Å². The summed E-state index contributed by atoms with van der Waals surface area (Å²) in [5, 5.41) is 3.28. The number of rotatable bonds is 4. The van der Waals surface area contributed by atoms with Crippen LogP contribution in [0.15, 0.2) is 18.3 Å². The third-order valence-corrected chi connectivity index (χ3v) is 4.17. The molecule has 0 spiro atoms. The molecule has 0 amide bonds. The van der Waals surface area contributed by atoms with Crippen molar-refractivity contribution in [3.05, 3.63) is 23.9 Å². The topological polar surface area (TPSA) is 45.2 Å². The third-order valence-electron chi connectivity index (χ3n) is 2.89. The molecule has 0 saturated carbocycles. The highest BCUT2D eigenvalue weighted by atomic mass is 32.2. The van der Waals surface area contributed by atoms with Gasteiger partial charge in [0, 0.05) is 48.1 Å². The van der Waals surface area contributed by atoms with Crippen LogP contribution in [0.1, 0.15) is 12.5 Å². The highest BCUT2D eigenvalue weighted by Gasteiger charge is 2.15. The maximum absolute atomic E-state index is 11.3. The maximum Gasteiger partial charge on any atom is 0.128 e. The van der Waals surface area contributed by atoms with Crippen LogP contribution < -0.4 is 10.2 Å². The Morgan fingerprint density at radius 1 is 1.41 bits per heavy atom. The van der Waals surface area contributed by atoms with E-state index in [0.29, 0.717) is 0 Å². The predicted molar refractivity (Wildman–Crippen MR) is 71.7 cm³/mol. The van der Waals surface area contributed by atoms with Gasteiger partial charge in [0.1, 0.15) is 5.82 Å². The first-order valence-electron chi connectivity index (χ1n) is 6.05. The molecule has 0 unspecified atom stereocenters. The van der Waals surface area contributed by atoms with Gasteiger partial charge in [-0.2, -0.15) is 0 Å². The maximum atomic E-state index is 11.3. The fraction of sp³-hybridized carbons (Fsp3) is 0.583. The lowest BCUT2D eigenvalue weighted by molar-refractivity contribution is 0.672. The molecule has 94 valence electrons. The number of nitrogens with one attached hydrogen (secondary N) is 1. The zero-order valence-corrected chi connectivity index (χ0v) is 11.0. The van der Waals surface area contributed by atoms with Crippen LogP contribution in [0.2, 0.25) is 0 Å². The lowest BCUT2D eigenvalue weighted by Gasteiger charge is -2.27. The number of anilines is 1. The van der Waals surface area contributed by atoms with Crippen LogP contribution >= 0.6 is 0 Å². The summed E-state index contributed by atoms with van der Waals surface area (Å²) in [6.45, 7) is 5.64. The Morgan fingerprint density at radius 3 is 2.76 bits per heavy atom. The van der Waals surface area contributed by atoms with Crippen LogP contribution in [-0.2, 0) is 17.3 Å². The quantitative estimate of drug-likeness (QED) is 0.860. The molecule has 1 aliphatic heterocycles. The van der Waals surface area contributed by atoms with Gasteiger partial charge in [-0.1, -0.05) is 13.0 Å². The molecule has 0 bridgehead atoms. The molecule has 17 heavy (non-hydrogen) atoms. The molecular formula is C12H19N3OS. The normalized spacial score (nSPS) is 17.4. The lowest BCUT2D eigenvalue weighted by atomic mass is 10.2. The van der Waals surface area contributed by atoms with Crippen LogP contribution in [-0.4, -0.2) is 40.3 Å². The first-order valence-corrected chi connectivity index (χ1v) is 7.54. The molecular weight excluding hydrogens is 234 g/mol. The average Bonchev–Trinajstić information content (AvgIpc) is 2.38. The van der Waals surface area contributed by atoms with E-state index in [2.05, 4.69) is 34.3 Å². The Bertz CT molecular complexity index is 370. The Hall–Kier alpha value is -0.940. The zero-order valence-electron chi connectivity index (χ0n) is 10.2. The molecule has 1 aliphatic rings. The molecule has 4 nitrogen and oxygen atoms in total. The summed E-state index contributed by atoms with van der Waals surface area (Å²) in [5.74, 6) is 2.53. The smallest absolute Gasteiger partial charge is 0.128 e. The number of hydrogen-bond acceptors (Lipinski definition) is 4. The van der Waals surface area contributed by atoms with Crippen LogP contribution in [0.3, 0.4) is 0 Å². The molecule has 2 heterocycles. The minimum Gasteiger partial charge on any atom is -0.355 e. The van der Waals surface area contributed by atoms with Crippen LogP contribution in [0, 0.1) is 0 Å². The number of hydrogen-bond donors (Lipinski definition) is 1. The van der Waals surface area contributed by atoms with Crippen molar-refractivity contribution in [3.8, 4) is 0 Å². The summed E-state index contributed by atoms with van der Waals surface area (Å²) >= 11 is 0. The second-order valence-electron chi connectivity index (χ2n) is 4.14. The van der Waals surface area contributed by atoms with Crippen LogP contribution in [0.5, 0.6) is 0 Å². The average molecular weight is 253 g/mol. The molecule has 5 heteroatoms. The molecule has 1 aromatic heterocycles. The van der Waals surface area contributed by atoms with Crippen molar-refractivity contribution in [2.75, 3.05) is 36.0 Å². The summed E-state index contributed by atoms with van der Waals surface area (Å²) in [6, 6.07) is 4.16. The van der Waals surface area contributed by atoms with Gasteiger partial charge in [-0.25, -0.2) is 4.98 Å². The van der Waals surface area contributed by atoms with Crippen molar-refractivity contribution in [2.24, 2.45) is 0 Å². The molecule has 1 saturated heterocycles. The van der Waals surface area contributed by atoms with Crippen molar-refractivity contribution in [3.63, 3.8) is 0 Å². The second-order valence-corrected chi connectivity index (χ2v) is 5.84. The molecule has 1 N–H and O–H groups in total. The number of nitrogens with zero attached hydrogens (tertiary/aromatic N) is 2. The van der Waals surface area contributed by atoms with Crippen molar-refractivity contribution >= 4 is 16.6 Å². The van der Waals surface area contributed by atoms with Crippen LogP contribution in [0.25, 0.3) is 0 Å². The minimum absolute atomic E-state index is 0.623. The molecule has 0 aromatic carbocycles. The van der Waals surface area contributed by atoms with Gasteiger partial charge in [0.15, 0.2) is 0 Å². The highest BCUT2D eigenvalue weighted by molar-refractivity contribution is 7.85. The van der Waals surface area contributed by atoms with Gasteiger partial charge < -0.3 is 10.2 Å². The summed E-state index contributed by atoms with van der Waals surface area (Å²) in [6.07, 6.45) is 1.92. The van der Waals surface area contributed by atoms with E-state index in [1.54, 1.807) is 0 Å². The standard InChI is InChI=1S/C12H19N3OS/c1-2-13-9-11-3-4-12(14-10-11)15-5-7-17(16)8-6-15/h3-4,10,13H,2,5-9H2,1H3. The second kappa shape index (κ2) is 6.12. The van der Waals surface area contributed by atoms with Gasteiger partial charge in [0.2, 0.25) is 0 Å². The fourth-order valence-electron chi connectivity index (χ4n) is 1.84. The van der Waals surface area contributed by atoms with Gasteiger partial charge in [-0.15, -0.1) is 0 Å². The van der Waals surface area contributed by atoms with E-state index in [9.17, 15) is 4.21 Å². The van der Waals surface area contributed by atoms with Crippen molar-refractivity contribution in [1.29, 1.82) is 0 Å². The van der Waals surface area contributed by atoms with Gasteiger partial charge in [0.05, 0.1) is 0 Å². The van der Waals surface area contributed by atoms with Gasteiger partial charge in [-0.05, 0) is 18.2 Å². The molecule has 0 aliphatic carbocycles. The van der Waals surface area contributed by atoms with E-state index in [4.69, 9.17) is 0 Å². The largest absolute Gasteiger partial charge is 0.355 e. The van der Waals surface area contributed by atoms with E-state index >= 15 is 0 Å². The van der Waals surface area contributed by atoms with Gasteiger partial charge in [-0.3, -0.25) is 4.21 Å². The van der Waals surface area contributed by atoms with Gasteiger partial charge in [0.25, 0.3) is 0 Å². The summed E-state index contributed by atoms with van der Waals surface area (Å²) in [5.41, 5.74) is 1.20. The first-order chi connectivity index (χ1) is 8.29. The number of pyridine rings is 1. The zero-order chi connectivity index (χ0) is 12.1. The van der Waals surface area contributed by atoms with Crippen molar-refractivity contribution in [1.82, 2.24) is 10.3 Å². The summed E-state index contributed by atoms with van der Waals surface area (Å²) in [4.78, 5) is 6.67. The van der Waals surface area contributed by atoms with E-state index in [1.165, 1.54) is 5.56 Å². The molecule has 0 radical (unpaired) electrons. The van der Waals surface area contributed by atoms with E-state index in [-0.39, 0.29) is 0 Å². The molecule has 1 aromatic rings. The summed E-state index contributed by atoms with van der Waals surface area (Å²) in [7, 11) is -0.623. The number of aromatic nitrogens is 1. The van der Waals surface area contributed by atoms with E-state index < -0.39 is 10.8 Å². The molecule has 0 atom stereocenters. The highest BCUT2D eigenvalue weighted by Crippen LogP contribution is 2.13. The third kappa shape index (κ3) is 3.51. The van der Waals surface area contributed by atoms with E-state index in [1.807, 2.05) is 6.20 Å². The Kier molecular flexibility index (Phi) is 4.50. The van der Waals surface area contributed by atoms with Crippen LogP contribution in [0.4, 0.5) is 5.82 Å². The SMILES string of the molecule is CCNCc1ccc(N2CCS(=O)CC2)nc1. The van der Waals surface area contributed by atoms with Gasteiger partial charge >= 0.3 is 0 Å². The Morgan fingerprint density at radius 2 is 2.18 bits per heavy atom. The molecule has 2 rings (SSSR count). The molecule has 1 fully saturated rings. The fourth-order valence-corrected chi connectivity index (χ4v) is 2.90. The summed E-state index contributed by atoms with van der Waals surface area (Å²) < 4.78 is 11.3. The van der Waals surface area contributed by atoms with Crippen molar-refractivity contribution in [2.45, 2.75) is 13.5 Å². The Balaban J connectivity index is 1.95. The predicted octanol–water partition coefficient (Wildman–Crippen LogP) is 0.760. The lowest BCUT2D eigenvalue weighted by Crippen LogP contribution is -2.38. The Labute approximate surface area is 105 Å². The monoisotopic (exact) mass is 253 g/mol. The van der Waals surface area contributed by atoms with E-state index in [0.717, 1.165) is 43.5 Å².